The Morgan fingerprint density at radius 1 is 1.19 bits per heavy atom. The highest BCUT2D eigenvalue weighted by Gasteiger charge is 2.27. The van der Waals surface area contributed by atoms with Crippen LogP contribution in [0.2, 0.25) is 0 Å². The molecule has 0 atom stereocenters. The third kappa shape index (κ3) is 4.31. The maximum atomic E-state index is 13.3. The SMILES string of the molecule is CCS(=O)(=O)Nc1ccc(NC(=O)c2nn(-c3ccc(F)cc3)c3c2CCC3)cc1OC. The van der Waals surface area contributed by atoms with Crippen LogP contribution in [0, 0.1) is 5.82 Å². The standard InChI is InChI=1S/C22H23FN4O4S/c1-3-32(29,30)26-18-12-9-15(13-20(18)31-2)24-22(28)21-17-5-4-6-19(17)27(25-21)16-10-7-14(23)8-11-16/h7-13,26H,3-6H2,1-2H3,(H,24,28). The number of amides is 1. The number of benzene rings is 2. The van der Waals surface area contributed by atoms with Crippen molar-refractivity contribution in [3.8, 4) is 11.4 Å². The van der Waals surface area contributed by atoms with Crippen molar-refractivity contribution >= 4 is 27.3 Å². The quantitative estimate of drug-likeness (QED) is 0.564. The molecule has 0 bridgehead atoms. The number of hydrogen-bond acceptors (Lipinski definition) is 5. The van der Waals surface area contributed by atoms with E-state index in [1.54, 1.807) is 28.9 Å². The number of hydrogen-bond donors (Lipinski definition) is 2. The average molecular weight is 459 g/mol. The van der Waals surface area contributed by atoms with Gasteiger partial charge < -0.3 is 10.1 Å². The molecule has 8 nitrogen and oxygen atoms in total. The van der Waals surface area contributed by atoms with E-state index in [0.29, 0.717) is 17.1 Å². The highest BCUT2D eigenvalue weighted by molar-refractivity contribution is 7.92. The number of nitrogens with one attached hydrogen (secondary N) is 2. The monoisotopic (exact) mass is 458 g/mol. The van der Waals surface area contributed by atoms with Crippen molar-refractivity contribution in [3.63, 3.8) is 0 Å². The van der Waals surface area contributed by atoms with Gasteiger partial charge in [-0.1, -0.05) is 0 Å². The number of carbonyl (C=O) groups is 1. The molecule has 0 aliphatic heterocycles. The predicted octanol–water partition coefficient (Wildman–Crippen LogP) is 3.52. The maximum absolute atomic E-state index is 13.3. The number of sulfonamides is 1. The number of ether oxygens (including phenoxy) is 1. The molecule has 1 heterocycles. The van der Waals surface area contributed by atoms with Crippen LogP contribution >= 0.6 is 0 Å². The van der Waals surface area contributed by atoms with Crippen LogP contribution in [0.5, 0.6) is 5.75 Å². The van der Waals surface area contributed by atoms with E-state index in [4.69, 9.17) is 4.74 Å². The van der Waals surface area contributed by atoms with Crippen molar-refractivity contribution in [2.45, 2.75) is 26.2 Å². The van der Waals surface area contributed by atoms with E-state index in [-0.39, 0.29) is 28.9 Å². The van der Waals surface area contributed by atoms with Gasteiger partial charge in [0.15, 0.2) is 5.69 Å². The molecule has 2 aromatic carbocycles. The van der Waals surface area contributed by atoms with Gasteiger partial charge >= 0.3 is 0 Å². The summed E-state index contributed by atoms with van der Waals surface area (Å²) in [7, 11) is -2.05. The molecular weight excluding hydrogens is 435 g/mol. The lowest BCUT2D eigenvalue weighted by Gasteiger charge is -2.13. The van der Waals surface area contributed by atoms with Crippen LogP contribution in [0.3, 0.4) is 0 Å². The van der Waals surface area contributed by atoms with E-state index in [1.165, 1.54) is 32.2 Å². The summed E-state index contributed by atoms with van der Waals surface area (Å²) in [5.74, 6) is -0.514. The van der Waals surface area contributed by atoms with Gasteiger partial charge in [-0.25, -0.2) is 17.5 Å². The lowest BCUT2D eigenvalue weighted by molar-refractivity contribution is 0.102. The molecule has 0 unspecified atom stereocenters. The van der Waals surface area contributed by atoms with Gasteiger partial charge in [0.2, 0.25) is 10.0 Å². The zero-order chi connectivity index (χ0) is 22.9. The molecule has 0 radical (unpaired) electrons. The van der Waals surface area contributed by atoms with Gasteiger partial charge in [0.25, 0.3) is 5.91 Å². The molecular formula is C22H23FN4O4S. The Hall–Kier alpha value is -3.40. The normalized spacial score (nSPS) is 13.0. The molecule has 1 aliphatic carbocycles. The average Bonchev–Trinajstić information content (AvgIpc) is 3.38. The molecule has 2 N–H and O–H groups in total. The number of methoxy groups -OCH3 is 1. The first-order valence-corrected chi connectivity index (χ1v) is 11.8. The third-order valence-electron chi connectivity index (χ3n) is 5.32. The first-order valence-electron chi connectivity index (χ1n) is 10.2. The molecule has 0 saturated carbocycles. The Balaban J connectivity index is 1.61. The number of halogens is 1. The van der Waals surface area contributed by atoms with Crippen LogP contribution in [0.4, 0.5) is 15.8 Å². The molecule has 168 valence electrons. The van der Waals surface area contributed by atoms with E-state index in [1.807, 2.05) is 0 Å². The molecule has 1 amide bonds. The molecule has 10 heteroatoms. The van der Waals surface area contributed by atoms with Crippen molar-refractivity contribution < 1.29 is 22.3 Å². The first-order chi connectivity index (χ1) is 15.3. The van der Waals surface area contributed by atoms with Crippen LogP contribution in [0.1, 0.15) is 35.1 Å². The number of aromatic nitrogens is 2. The second-order valence-electron chi connectivity index (χ2n) is 7.39. The Bertz CT molecular complexity index is 1270. The van der Waals surface area contributed by atoms with Crippen molar-refractivity contribution in [2.75, 3.05) is 22.9 Å². The predicted molar refractivity (Wildman–Crippen MR) is 120 cm³/mol. The smallest absolute Gasteiger partial charge is 0.276 e. The molecule has 0 fully saturated rings. The minimum Gasteiger partial charge on any atom is -0.494 e. The number of anilines is 2. The van der Waals surface area contributed by atoms with Crippen molar-refractivity contribution in [1.29, 1.82) is 0 Å². The fourth-order valence-corrected chi connectivity index (χ4v) is 4.35. The van der Waals surface area contributed by atoms with Gasteiger partial charge in [0, 0.05) is 23.0 Å². The van der Waals surface area contributed by atoms with E-state index >= 15 is 0 Å². The molecule has 4 rings (SSSR count). The zero-order valence-corrected chi connectivity index (χ0v) is 18.5. The van der Waals surface area contributed by atoms with Gasteiger partial charge in [-0.05, 0) is 62.6 Å². The van der Waals surface area contributed by atoms with Crippen LogP contribution in [0.25, 0.3) is 5.69 Å². The van der Waals surface area contributed by atoms with Crippen molar-refractivity contribution in [3.05, 3.63) is 65.2 Å². The van der Waals surface area contributed by atoms with E-state index in [0.717, 1.165) is 30.5 Å². The molecule has 1 aliphatic rings. The summed E-state index contributed by atoms with van der Waals surface area (Å²) in [5.41, 5.74) is 3.56. The van der Waals surface area contributed by atoms with Gasteiger partial charge in [0.1, 0.15) is 11.6 Å². The number of rotatable bonds is 7. The Morgan fingerprint density at radius 2 is 1.94 bits per heavy atom. The first kappa shape index (κ1) is 21.8. The van der Waals surface area contributed by atoms with Gasteiger partial charge in [-0.3, -0.25) is 9.52 Å². The van der Waals surface area contributed by atoms with Gasteiger partial charge in [-0.15, -0.1) is 0 Å². The summed E-state index contributed by atoms with van der Waals surface area (Å²) in [6.45, 7) is 1.53. The number of carbonyl (C=O) groups excluding carboxylic acids is 1. The largest absolute Gasteiger partial charge is 0.494 e. The lowest BCUT2D eigenvalue weighted by Crippen LogP contribution is -2.16. The Morgan fingerprint density at radius 3 is 2.62 bits per heavy atom. The summed E-state index contributed by atoms with van der Waals surface area (Å²) in [6, 6.07) is 10.6. The number of fused-ring (bicyclic) bond motifs is 1. The van der Waals surface area contributed by atoms with E-state index < -0.39 is 10.0 Å². The van der Waals surface area contributed by atoms with E-state index in [9.17, 15) is 17.6 Å². The summed E-state index contributed by atoms with van der Waals surface area (Å²) in [6.07, 6.45) is 2.43. The summed E-state index contributed by atoms with van der Waals surface area (Å²) in [4.78, 5) is 13.0. The van der Waals surface area contributed by atoms with Gasteiger partial charge in [0.05, 0.1) is 24.2 Å². The molecule has 32 heavy (non-hydrogen) atoms. The minimum absolute atomic E-state index is 0.0730. The number of nitrogens with zero attached hydrogens (tertiary/aromatic N) is 2. The van der Waals surface area contributed by atoms with Crippen molar-refractivity contribution in [1.82, 2.24) is 9.78 Å². The van der Waals surface area contributed by atoms with Crippen LogP contribution in [0.15, 0.2) is 42.5 Å². The molecule has 3 aromatic rings. The lowest BCUT2D eigenvalue weighted by atomic mass is 10.2. The molecule has 0 saturated heterocycles. The Labute approximate surface area is 185 Å². The highest BCUT2D eigenvalue weighted by atomic mass is 32.2. The fraction of sp³-hybridized carbons (Fsp3) is 0.273. The third-order valence-corrected chi connectivity index (χ3v) is 6.61. The van der Waals surface area contributed by atoms with Crippen LogP contribution in [-0.4, -0.2) is 37.0 Å². The second kappa shape index (κ2) is 8.62. The summed E-state index contributed by atoms with van der Waals surface area (Å²) >= 11 is 0. The van der Waals surface area contributed by atoms with Crippen molar-refractivity contribution in [2.24, 2.45) is 0 Å². The summed E-state index contributed by atoms with van der Waals surface area (Å²) < 4.78 is 46.5. The molecule has 1 aromatic heterocycles. The van der Waals surface area contributed by atoms with Gasteiger partial charge in [-0.2, -0.15) is 5.10 Å². The second-order valence-corrected chi connectivity index (χ2v) is 9.40. The van der Waals surface area contributed by atoms with E-state index in [2.05, 4.69) is 15.1 Å². The Kier molecular flexibility index (Phi) is 5.88. The fourth-order valence-electron chi connectivity index (χ4n) is 3.70. The summed E-state index contributed by atoms with van der Waals surface area (Å²) in [5, 5.41) is 7.32. The van der Waals surface area contributed by atoms with Crippen LogP contribution in [-0.2, 0) is 22.9 Å². The van der Waals surface area contributed by atoms with Crippen LogP contribution < -0.4 is 14.8 Å². The highest BCUT2D eigenvalue weighted by Crippen LogP contribution is 2.31. The zero-order valence-electron chi connectivity index (χ0n) is 17.7. The maximum Gasteiger partial charge on any atom is 0.276 e. The topological polar surface area (TPSA) is 102 Å². The minimum atomic E-state index is -3.47. The molecule has 0 spiro atoms.